The van der Waals surface area contributed by atoms with Gasteiger partial charge in [-0.25, -0.2) is 9.97 Å². The molecule has 2 aromatic heterocycles. The Morgan fingerprint density at radius 1 is 1.10 bits per heavy atom. The molecule has 0 aliphatic heterocycles. The molecular weight excluding hydrogens is 415 g/mol. The van der Waals surface area contributed by atoms with Crippen molar-refractivity contribution in [3.8, 4) is 0 Å². The number of thiazole rings is 1. The van der Waals surface area contributed by atoms with Gasteiger partial charge < -0.3 is 10.6 Å². The molecule has 4 aromatic rings. The highest BCUT2D eigenvalue weighted by Crippen LogP contribution is 2.30. The maximum absolute atomic E-state index is 12.8. The number of alkyl halides is 3. The largest absolute Gasteiger partial charge is 0.416 e. The van der Waals surface area contributed by atoms with E-state index in [0.717, 1.165) is 16.8 Å². The van der Waals surface area contributed by atoms with E-state index in [-0.39, 0.29) is 12.5 Å². The second-order valence-corrected chi connectivity index (χ2v) is 7.33. The highest BCUT2D eigenvalue weighted by molar-refractivity contribution is 7.22. The average Bonchev–Trinajstić information content (AvgIpc) is 3.13. The molecule has 0 saturated carbocycles. The molecule has 152 valence electrons. The zero-order valence-corrected chi connectivity index (χ0v) is 16.1. The molecule has 2 heterocycles. The van der Waals surface area contributed by atoms with Gasteiger partial charge in [-0.3, -0.25) is 9.78 Å². The van der Waals surface area contributed by atoms with Gasteiger partial charge in [0.05, 0.1) is 22.0 Å². The Bertz CT molecular complexity index is 1190. The van der Waals surface area contributed by atoms with E-state index >= 15 is 0 Å². The first-order chi connectivity index (χ1) is 14.4. The first-order valence-corrected chi connectivity index (χ1v) is 9.58. The minimum Gasteiger partial charge on any atom is -0.348 e. The number of nitrogens with zero attached hydrogens (tertiary/aromatic N) is 3. The van der Waals surface area contributed by atoms with Crippen molar-refractivity contribution in [2.75, 3.05) is 5.32 Å². The molecule has 4 rings (SSSR count). The monoisotopic (exact) mass is 429 g/mol. The highest BCUT2D eigenvalue weighted by atomic mass is 32.1. The first-order valence-electron chi connectivity index (χ1n) is 8.76. The normalized spacial score (nSPS) is 11.4. The van der Waals surface area contributed by atoms with Crippen LogP contribution in [0.15, 0.2) is 61.1 Å². The molecule has 0 aliphatic rings. The van der Waals surface area contributed by atoms with Gasteiger partial charge in [-0.05, 0) is 35.9 Å². The number of benzene rings is 2. The molecule has 0 saturated heterocycles. The Morgan fingerprint density at radius 3 is 2.73 bits per heavy atom. The zero-order chi connectivity index (χ0) is 21.1. The van der Waals surface area contributed by atoms with Crippen LogP contribution < -0.4 is 10.6 Å². The number of hydrogen-bond donors (Lipinski definition) is 2. The topological polar surface area (TPSA) is 79.8 Å². The van der Waals surface area contributed by atoms with E-state index in [2.05, 4.69) is 25.6 Å². The Labute approximate surface area is 172 Å². The summed E-state index contributed by atoms with van der Waals surface area (Å²) in [5, 5.41) is 6.30. The number of fused-ring (bicyclic) bond motifs is 1. The number of halogens is 3. The molecule has 0 aliphatic carbocycles. The summed E-state index contributed by atoms with van der Waals surface area (Å²) >= 11 is 1.35. The molecule has 0 bridgehead atoms. The second kappa shape index (κ2) is 8.07. The van der Waals surface area contributed by atoms with Crippen LogP contribution in [0.2, 0.25) is 0 Å². The number of carbonyl (C=O) groups is 1. The van der Waals surface area contributed by atoms with Crippen LogP contribution in [0, 0.1) is 0 Å². The van der Waals surface area contributed by atoms with Crippen molar-refractivity contribution in [1.82, 2.24) is 20.3 Å². The molecule has 0 fully saturated rings. The summed E-state index contributed by atoms with van der Waals surface area (Å²) in [4.78, 5) is 25.0. The van der Waals surface area contributed by atoms with E-state index in [0.29, 0.717) is 27.6 Å². The van der Waals surface area contributed by atoms with Crippen LogP contribution in [-0.2, 0) is 12.7 Å². The van der Waals surface area contributed by atoms with Crippen LogP contribution in [0.4, 0.5) is 24.1 Å². The van der Waals surface area contributed by atoms with Gasteiger partial charge in [-0.2, -0.15) is 13.2 Å². The quantitative estimate of drug-likeness (QED) is 0.477. The van der Waals surface area contributed by atoms with Gasteiger partial charge in [0.25, 0.3) is 5.91 Å². The van der Waals surface area contributed by atoms with Crippen molar-refractivity contribution in [1.29, 1.82) is 0 Å². The number of nitrogens with one attached hydrogen (secondary N) is 2. The van der Waals surface area contributed by atoms with E-state index in [1.165, 1.54) is 23.5 Å². The van der Waals surface area contributed by atoms with E-state index in [1.54, 1.807) is 36.8 Å². The number of aromatic nitrogens is 3. The second-order valence-electron chi connectivity index (χ2n) is 6.30. The van der Waals surface area contributed by atoms with Crippen LogP contribution in [0.5, 0.6) is 0 Å². The molecule has 1 amide bonds. The summed E-state index contributed by atoms with van der Waals surface area (Å²) in [5.74, 6) is 0.168. The van der Waals surface area contributed by atoms with Crippen LogP contribution in [-0.4, -0.2) is 20.9 Å². The van der Waals surface area contributed by atoms with E-state index in [9.17, 15) is 18.0 Å². The molecule has 30 heavy (non-hydrogen) atoms. The van der Waals surface area contributed by atoms with Crippen LogP contribution in [0.1, 0.15) is 21.5 Å². The predicted octanol–water partition coefficient (Wildman–Crippen LogP) is 4.78. The van der Waals surface area contributed by atoms with Crippen LogP contribution in [0.3, 0.4) is 0 Å². The summed E-state index contributed by atoms with van der Waals surface area (Å²) in [6.07, 6.45) is 0.267. The van der Waals surface area contributed by atoms with E-state index in [4.69, 9.17) is 0 Å². The molecule has 10 heteroatoms. The van der Waals surface area contributed by atoms with Gasteiger partial charge in [0, 0.05) is 24.5 Å². The lowest BCUT2D eigenvalue weighted by Gasteiger charge is -2.09. The molecule has 0 unspecified atom stereocenters. The van der Waals surface area contributed by atoms with Gasteiger partial charge in [0.15, 0.2) is 10.9 Å². The van der Waals surface area contributed by atoms with Crippen molar-refractivity contribution in [3.05, 3.63) is 77.7 Å². The third-order valence-corrected chi connectivity index (χ3v) is 5.09. The maximum Gasteiger partial charge on any atom is 0.416 e. The Balaban J connectivity index is 1.46. The summed E-state index contributed by atoms with van der Waals surface area (Å²) in [5.41, 5.74) is 0.723. The van der Waals surface area contributed by atoms with Crippen molar-refractivity contribution in [3.63, 3.8) is 0 Å². The molecule has 2 N–H and O–H groups in total. The fraction of sp³-hybridized carbons (Fsp3) is 0.100. The average molecular weight is 429 g/mol. The Morgan fingerprint density at radius 2 is 1.97 bits per heavy atom. The van der Waals surface area contributed by atoms with Crippen molar-refractivity contribution in [2.45, 2.75) is 12.7 Å². The lowest BCUT2D eigenvalue weighted by Crippen LogP contribution is -2.22. The standard InChI is InChI=1S/C20H14F3N5OS/c21-20(22,23)14-3-1-2-12(8-14)10-26-18(29)13-4-5-15-16(9-13)30-19(27-15)28-17-11-24-6-7-25-17/h1-9,11H,10H2,(H,26,29)(H,25,27,28). The first kappa shape index (κ1) is 19.8. The molecule has 6 nitrogen and oxygen atoms in total. The Hall–Kier alpha value is -3.53. The lowest BCUT2D eigenvalue weighted by molar-refractivity contribution is -0.137. The minimum atomic E-state index is -4.42. The number of carbonyl (C=O) groups excluding carboxylic acids is 1. The van der Waals surface area contributed by atoms with Gasteiger partial charge in [0.2, 0.25) is 0 Å². The minimum absolute atomic E-state index is 0.0109. The van der Waals surface area contributed by atoms with Crippen molar-refractivity contribution in [2.24, 2.45) is 0 Å². The number of hydrogen-bond acceptors (Lipinski definition) is 6. The predicted molar refractivity (Wildman–Crippen MR) is 108 cm³/mol. The van der Waals surface area contributed by atoms with Crippen LogP contribution >= 0.6 is 11.3 Å². The third-order valence-electron chi connectivity index (χ3n) is 4.16. The van der Waals surface area contributed by atoms with Gasteiger partial charge in [-0.1, -0.05) is 23.5 Å². The smallest absolute Gasteiger partial charge is 0.348 e. The van der Waals surface area contributed by atoms with Crippen molar-refractivity contribution >= 4 is 38.4 Å². The molecular formula is C20H14F3N5OS. The maximum atomic E-state index is 12.8. The zero-order valence-electron chi connectivity index (χ0n) is 15.3. The fourth-order valence-electron chi connectivity index (χ4n) is 2.73. The van der Waals surface area contributed by atoms with Gasteiger partial charge in [0.1, 0.15) is 0 Å². The summed E-state index contributed by atoms with van der Waals surface area (Å²) in [6, 6.07) is 9.90. The molecule has 0 atom stereocenters. The molecule has 0 spiro atoms. The molecule has 2 aromatic carbocycles. The summed E-state index contributed by atoms with van der Waals surface area (Å²) in [6.45, 7) is -0.0109. The third kappa shape index (κ3) is 4.54. The van der Waals surface area contributed by atoms with E-state index in [1.807, 2.05) is 0 Å². The SMILES string of the molecule is O=C(NCc1cccc(C(F)(F)F)c1)c1ccc2nc(Nc3cnccn3)sc2c1. The van der Waals surface area contributed by atoms with Gasteiger partial charge >= 0.3 is 6.18 Å². The van der Waals surface area contributed by atoms with Crippen molar-refractivity contribution < 1.29 is 18.0 Å². The number of amides is 1. The lowest BCUT2D eigenvalue weighted by atomic mass is 10.1. The van der Waals surface area contributed by atoms with Crippen LogP contribution in [0.25, 0.3) is 10.2 Å². The number of anilines is 2. The fourth-order valence-corrected chi connectivity index (χ4v) is 3.65. The van der Waals surface area contributed by atoms with Gasteiger partial charge in [-0.15, -0.1) is 0 Å². The molecule has 0 radical (unpaired) electrons. The highest BCUT2D eigenvalue weighted by Gasteiger charge is 2.30. The summed E-state index contributed by atoms with van der Waals surface area (Å²) in [7, 11) is 0. The number of rotatable bonds is 5. The van der Waals surface area contributed by atoms with E-state index < -0.39 is 11.7 Å². The Kier molecular flexibility index (Phi) is 5.32. The summed E-state index contributed by atoms with van der Waals surface area (Å²) < 4.78 is 39.2.